The minimum atomic E-state index is -0.390. The first-order valence-electron chi connectivity index (χ1n) is 6.97. The van der Waals surface area contributed by atoms with Gasteiger partial charge in [0, 0.05) is 12.6 Å². The van der Waals surface area contributed by atoms with Crippen molar-refractivity contribution in [2.24, 2.45) is 0 Å². The van der Waals surface area contributed by atoms with Crippen molar-refractivity contribution in [1.29, 1.82) is 0 Å². The first-order chi connectivity index (χ1) is 11.0. The van der Waals surface area contributed by atoms with Crippen LogP contribution in [0.1, 0.15) is 29.1 Å². The summed E-state index contributed by atoms with van der Waals surface area (Å²) in [6, 6.07) is 4.53. The number of carbonyl (C=O) groups excluding carboxylic acids is 2. The molecule has 1 aromatic heterocycles. The molecule has 0 fully saturated rings. The van der Waals surface area contributed by atoms with Gasteiger partial charge in [-0.1, -0.05) is 0 Å². The van der Waals surface area contributed by atoms with E-state index in [4.69, 9.17) is 10.5 Å². The van der Waals surface area contributed by atoms with E-state index in [1.807, 2.05) is 0 Å². The topological polar surface area (TPSA) is 126 Å². The highest BCUT2D eigenvalue weighted by atomic mass is 16.5. The van der Waals surface area contributed by atoms with Crippen molar-refractivity contribution >= 4 is 23.5 Å². The Kier molecular flexibility index (Phi) is 3.61. The number of aromatic nitrogens is 3. The number of aromatic amines is 1. The van der Waals surface area contributed by atoms with Gasteiger partial charge in [-0.3, -0.25) is 14.7 Å². The number of anilines is 2. The second kappa shape index (κ2) is 5.59. The van der Waals surface area contributed by atoms with Crippen LogP contribution in [-0.4, -0.2) is 40.7 Å². The molecule has 1 aliphatic rings. The number of carbonyl (C=O) groups is 2. The third-order valence-corrected chi connectivity index (χ3v) is 3.59. The fourth-order valence-corrected chi connectivity index (χ4v) is 2.24. The Morgan fingerprint density at radius 2 is 2.30 bits per heavy atom. The molecule has 120 valence electrons. The second-order valence-corrected chi connectivity index (χ2v) is 5.20. The predicted molar refractivity (Wildman–Crippen MR) is 82.0 cm³/mol. The van der Waals surface area contributed by atoms with Gasteiger partial charge in [-0.15, -0.1) is 5.10 Å². The molecule has 0 radical (unpaired) electrons. The number of nitrogens with one attached hydrogen (secondary N) is 2. The predicted octanol–water partition coefficient (Wildman–Crippen LogP) is 0.233. The van der Waals surface area contributed by atoms with Gasteiger partial charge in [0.25, 0.3) is 11.8 Å². The molecule has 23 heavy (non-hydrogen) atoms. The summed E-state index contributed by atoms with van der Waals surface area (Å²) < 4.78 is 5.33. The number of nitrogens with zero attached hydrogens (tertiary/aromatic N) is 3. The van der Waals surface area contributed by atoms with Crippen molar-refractivity contribution in [2.45, 2.75) is 13.0 Å². The van der Waals surface area contributed by atoms with Crippen LogP contribution in [-0.2, 0) is 4.79 Å². The van der Waals surface area contributed by atoms with Crippen molar-refractivity contribution < 1.29 is 14.3 Å². The van der Waals surface area contributed by atoms with Crippen molar-refractivity contribution in [3.05, 3.63) is 29.6 Å². The van der Waals surface area contributed by atoms with E-state index < -0.39 is 0 Å². The SMILES string of the molecule is CC(NC(=O)c1ccc2c(c1)N(C)C(=O)CO2)c1nc(N)n[nH]1. The molecule has 1 atom stereocenters. The molecular formula is C14H16N6O3. The van der Waals surface area contributed by atoms with Gasteiger partial charge in [0.15, 0.2) is 6.61 Å². The number of H-pyrrole nitrogens is 1. The van der Waals surface area contributed by atoms with Crippen LogP contribution in [0.25, 0.3) is 0 Å². The molecule has 0 bridgehead atoms. The first kappa shape index (κ1) is 14.8. The smallest absolute Gasteiger partial charge is 0.264 e. The number of fused-ring (bicyclic) bond motifs is 1. The lowest BCUT2D eigenvalue weighted by molar-refractivity contribution is -0.120. The fraction of sp³-hybridized carbons (Fsp3) is 0.286. The molecule has 1 unspecified atom stereocenters. The molecule has 9 heteroatoms. The Bertz CT molecular complexity index is 772. The standard InChI is InChI=1S/C14H16N6O3/c1-7(12-17-14(15)19-18-12)16-13(22)8-3-4-10-9(5-8)20(2)11(21)6-23-10/h3-5,7H,6H2,1-2H3,(H,16,22)(H3,15,17,18,19). The summed E-state index contributed by atoms with van der Waals surface area (Å²) in [5.74, 6) is 0.679. The Morgan fingerprint density at radius 1 is 1.52 bits per heavy atom. The number of hydrogen-bond donors (Lipinski definition) is 3. The summed E-state index contributed by atoms with van der Waals surface area (Å²) in [5, 5.41) is 9.16. The van der Waals surface area contributed by atoms with Crippen LogP contribution >= 0.6 is 0 Å². The second-order valence-electron chi connectivity index (χ2n) is 5.20. The van der Waals surface area contributed by atoms with Gasteiger partial charge in [-0.25, -0.2) is 0 Å². The van der Waals surface area contributed by atoms with Crippen LogP contribution in [0.15, 0.2) is 18.2 Å². The third kappa shape index (κ3) is 2.80. The van der Waals surface area contributed by atoms with Crippen LogP contribution in [0.4, 0.5) is 11.6 Å². The van der Waals surface area contributed by atoms with E-state index in [1.165, 1.54) is 4.90 Å². The fourth-order valence-electron chi connectivity index (χ4n) is 2.24. The quantitative estimate of drug-likeness (QED) is 0.744. The molecular weight excluding hydrogens is 300 g/mol. The number of nitrogen functional groups attached to an aromatic ring is 1. The number of rotatable bonds is 3. The zero-order valence-electron chi connectivity index (χ0n) is 12.7. The molecule has 0 aliphatic carbocycles. The van der Waals surface area contributed by atoms with E-state index >= 15 is 0 Å². The monoisotopic (exact) mass is 316 g/mol. The summed E-state index contributed by atoms with van der Waals surface area (Å²) in [6.45, 7) is 1.76. The minimum Gasteiger partial charge on any atom is -0.482 e. The Labute approximate surface area is 131 Å². The van der Waals surface area contributed by atoms with Crippen LogP contribution < -0.4 is 20.7 Å². The van der Waals surface area contributed by atoms with Gasteiger partial charge >= 0.3 is 0 Å². The van der Waals surface area contributed by atoms with Crippen LogP contribution in [0.2, 0.25) is 0 Å². The van der Waals surface area contributed by atoms with E-state index in [0.717, 1.165) is 0 Å². The van der Waals surface area contributed by atoms with E-state index in [0.29, 0.717) is 22.8 Å². The molecule has 1 aliphatic heterocycles. The minimum absolute atomic E-state index is 0.000999. The van der Waals surface area contributed by atoms with Crippen molar-refractivity contribution in [2.75, 3.05) is 24.3 Å². The number of likely N-dealkylation sites (N-methyl/N-ethyl adjacent to an activating group) is 1. The number of hydrogen-bond acceptors (Lipinski definition) is 6. The third-order valence-electron chi connectivity index (χ3n) is 3.59. The summed E-state index contributed by atoms with van der Waals surface area (Å²) in [7, 11) is 1.64. The zero-order chi connectivity index (χ0) is 16.6. The molecule has 2 amide bonds. The molecule has 0 saturated carbocycles. The van der Waals surface area contributed by atoms with Gasteiger partial charge in [0.1, 0.15) is 11.6 Å². The number of amides is 2. The highest BCUT2D eigenvalue weighted by Crippen LogP contribution is 2.32. The molecule has 2 aromatic rings. The summed E-state index contributed by atoms with van der Waals surface area (Å²) in [6.07, 6.45) is 0. The highest BCUT2D eigenvalue weighted by Gasteiger charge is 2.24. The molecule has 0 saturated heterocycles. The average Bonchev–Trinajstić information content (AvgIpc) is 2.97. The van der Waals surface area contributed by atoms with Crippen molar-refractivity contribution in [3.63, 3.8) is 0 Å². The lowest BCUT2D eigenvalue weighted by Gasteiger charge is -2.26. The number of ether oxygens (including phenoxy) is 1. The molecule has 9 nitrogen and oxygen atoms in total. The molecule has 0 spiro atoms. The lowest BCUT2D eigenvalue weighted by Crippen LogP contribution is -2.36. The van der Waals surface area contributed by atoms with Gasteiger partial charge < -0.3 is 20.7 Å². The maximum atomic E-state index is 12.4. The molecule has 3 rings (SSSR count). The first-order valence-corrected chi connectivity index (χ1v) is 6.97. The normalized spacial score (nSPS) is 14.9. The van der Waals surface area contributed by atoms with E-state index in [2.05, 4.69) is 20.5 Å². The number of benzene rings is 1. The lowest BCUT2D eigenvalue weighted by atomic mass is 10.1. The largest absolute Gasteiger partial charge is 0.482 e. The van der Waals surface area contributed by atoms with Gasteiger partial charge in [-0.05, 0) is 25.1 Å². The van der Waals surface area contributed by atoms with E-state index in [-0.39, 0.29) is 30.4 Å². The van der Waals surface area contributed by atoms with Crippen molar-refractivity contribution in [3.8, 4) is 5.75 Å². The Balaban J connectivity index is 1.79. The van der Waals surface area contributed by atoms with Crippen LogP contribution in [0, 0.1) is 0 Å². The zero-order valence-corrected chi connectivity index (χ0v) is 12.7. The van der Waals surface area contributed by atoms with E-state index in [9.17, 15) is 9.59 Å². The molecule has 1 aromatic carbocycles. The summed E-state index contributed by atoms with van der Waals surface area (Å²) >= 11 is 0. The van der Waals surface area contributed by atoms with E-state index in [1.54, 1.807) is 32.2 Å². The molecule has 4 N–H and O–H groups in total. The molecule has 2 heterocycles. The van der Waals surface area contributed by atoms with Gasteiger partial charge in [0.05, 0.1) is 11.7 Å². The highest BCUT2D eigenvalue weighted by molar-refractivity contribution is 6.01. The maximum absolute atomic E-state index is 12.4. The van der Waals surface area contributed by atoms with Crippen LogP contribution in [0.5, 0.6) is 5.75 Å². The number of nitrogens with two attached hydrogens (primary N) is 1. The average molecular weight is 316 g/mol. The Hall–Kier alpha value is -3.10. The Morgan fingerprint density at radius 3 is 3.00 bits per heavy atom. The summed E-state index contributed by atoms with van der Waals surface area (Å²) in [5.41, 5.74) is 6.42. The van der Waals surface area contributed by atoms with Crippen LogP contribution in [0.3, 0.4) is 0 Å². The maximum Gasteiger partial charge on any atom is 0.264 e. The van der Waals surface area contributed by atoms with Gasteiger partial charge in [0.2, 0.25) is 5.95 Å². The summed E-state index contributed by atoms with van der Waals surface area (Å²) in [4.78, 5) is 29.5. The van der Waals surface area contributed by atoms with Gasteiger partial charge in [-0.2, -0.15) is 4.98 Å². The van der Waals surface area contributed by atoms with Crippen molar-refractivity contribution in [1.82, 2.24) is 20.5 Å².